The van der Waals surface area contributed by atoms with Crippen LogP contribution < -0.4 is 5.32 Å². The summed E-state index contributed by atoms with van der Waals surface area (Å²) >= 11 is 1.57. The lowest BCUT2D eigenvalue weighted by atomic mass is 9.98. The average Bonchev–Trinajstić information content (AvgIpc) is 2.64. The number of thioether (sulfide) groups is 1. The smallest absolute Gasteiger partial charge is 0.328 e. The van der Waals surface area contributed by atoms with E-state index in [0.717, 1.165) is 5.56 Å². The van der Waals surface area contributed by atoms with Gasteiger partial charge in [0.15, 0.2) is 0 Å². The molecule has 2 aromatic carbocycles. The summed E-state index contributed by atoms with van der Waals surface area (Å²) < 4.78 is 18.5. The van der Waals surface area contributed by atoms with Crippen molar-refractivity contribution in [2.45, 2.75) is 12.5 Å². The third-order valence-corrected chi connectivity index (χ3v) is 4.36. The molecule has 2 aromatic rings. The third-order valence-electron chi connectivity index (χ3n) is 3.71. The molecule has 0 radical (unpaired) electrons. The fourth-order valence-corrected chi connectivity index (χ4v) is 2.91. The first-order valence-electron chi connectivity index (χ1n) is 7.79. The Kier molecular flexibility index (Phi) is 7.01. The summed E-state index contributed by atoms with van der Waals surface area (Å²) in [5.74, 6) is -0.655. The molecule has 4 nitrogen and oxygen atoms in total. The number of rotatable bonds is 7. The van der Waals surface area contributed by atoms with E-state index >= 15 is 0 Å². The number of nitrogens with one attached hydrogen (secondary N) is 1. The molecule has 1 N–H and O–H groups in total. The molecule has 0 fully saturated rings. The number of carbonyl (C=O) groups is 2. The fraction of sp³-hybridized carbons (Fsp3) is 0.263. The Bertz CT molecular complexity index is 737. The van der Waals surface area contributed by atoms with E-state index in [-0.39, 0.29) is 0 Å². The molecule has 0 aliphatic rings. The maximum absolute atomic E-state index is 13.7. The van der Waals surface area contributed by atoms with Crippen LogP contribution in [0.15, 0.2) is 48.5 Å². The van der Waals surface area contributed by atoms with Crippen LogP contribution in [-0.2, 0) is 9.53 Å². The number of benzene rings is 2. The van der Waals surface area contributed by atoms with Gasteiger partial charge in [-0.3, -0.25) is 4.79 Å². The number of hydrogen-bond acceptors (Lipinski definition) is 4. The molecule has 1 atom stereocenters. The van der Waals surface area contributed by atoms with Crippen molar-refractivity contribution in [3.05, 3.63) is 59.9 Å². The zero-order valence-electron chi connectivity index (χ0n) is 14.1. The number of halogens is 1. The van der Waals surface area contributed by atoms with Crippen LogP contribution in [0.25, 0.3) is 11.1 Å². The Morgan fingerprint density at radius 2 is 1.92 bits per heavy atom. The van der Waals surface area contributed by atoms with Gasteiger partial charge < -0.3 is 10.1 Å². The van der Waals surface area contributed by atoms with Crippen LogP contribution in [0.1, 0.15) is 16.8 Å². The Morgan fingerprint density at radius 3 is 2.56 bits per heavy atom. The second-order valence-corrected chi connectivity index (χ2v) is 6.37. The summed E-state index contributed by atoms with van der Waals surface area (Å²) in [5.41, 5.74) is 1.52. The first kappa shape index (κ1) is 19.0. The van der Waals surface area contributed by atoms with Gasteiger partial charge in [0, 0.05) is 5.56 Å². The Labute approximate surface area is 150 Å². The van der Waals surface area contributed by atoms with E-state index in [1.165, 1.54) is 25.3 Å². The predicted octanol–water partition coefficient (Wildman–Crippen LogP) is 3.52. The van der Waals surface area contributed by atoms with Crippen molar-refractivity contribution in [3.63, 3.8) is 0 Å². The summed E-state index contributed by atoms with van der Waals surface area (Å²) in [7, 11) is 1.29. The van der Waals surface area contributed by atoms with Gasteiger partial charge in [0.2, 0.25) is 0 Å². The van der Waals surface area contributed by atoms with Crippen molar-refractivity contribution in [2.75, 3.05) is 19.1 Å². The van der Waals surface area contributed by atoms with E-state index in [4.69, 9.17) is 4.74 Å². The van der Waals surface area contributed by atoms with Crippen molar-refractivity contribution in [2.24, 2.45) is 0 Å². The molecule has 0 heterocycles. The first-order chi connectivity index (χ1) is 12.1. The molecule has 2 rings (SSSR count). The van der Waals surface area contributed by atoms with Gasteiger partial charge >= 0.3 is 5.97 Å². The Morgan fingerprint density at radius 1 is 1.20 bits per heavy atom. The lowest BCUT2D eigenvalue weighted by Crippen LogP contribution is -2.42. The van der Waals surface area contributed by atoms with Crippen molar-refractivity contribution in [3.8, 4) is 11.1 Å². The minimum Gasteiger partial charge on any atom is -0.467 e. The number of amides is 1. The minimum absolute atomic E-state index is 0.311. The molecule has 1 amide bonds. The number of ether oxygens (including phenoxy) is 1. The van der Waals surface area contributed by atoms with E-state index in [1.807, 2.05) is 24.5 Å². The van der Waals surface area contributed by atoms with Gasteiger partial charge in [0.1, 0.15) is 11.9 Å². The van der Waals surface area contributed by atoms with Gasteiger partial charge in [-0.25, -0.2) is 9.18 Å². The van der Waals surface area contributed by atoms with Crippen molar-refractivity contribution in [1.29, 1.82) is 0 Å². The van der Waals surface area contributed by atoms with Gasteiger partial charge in [-0.05, 0) is 47.8 Å². The van der Waals surface area contributed by atoms with Crippen LogP contribution in [0.4, 0.5) is 4.39 Å². The van der Waals surface area contributed by atoms with E-state index in [9.17, 15) is 14.0 Å². The summed E-state index contributed by atoms with van der Waals surface area (Å²) in [6.07, 6.45) is 2.38. The first-order valence-corrected chi connectivity index (χ1v) is 9.18. The van der Waals surface area contributed by atoms with Crippen molar-refractivity contribution >= 4 is 23.6 Å². The van der Waals surface area contributed by atoms with Crippen LogP contribution in [0.2, 0.25) is 0 Å². The van der Waals surface area contributed by atoms with E-state index in [0.29, 0.717) is 23.3 Å². The molecule has 0 aliphatic carbocycles. The quantitative estimate of drug-likeness (QED) is 0.767. The highest BCUT2D eigenvalue weighted by atomic mass is 32.2. The average molecular weight is 361 g/mol. The van der Waals surface area contributed by atoms with Crippen LogP contribution in [0.3, 0.4) is 0 Å². The van der Waals surface area contributed by atoms with E-state index in [2.05, 4.69) is 5.32 Å². The number of carbonyl (C=O) groups excluding carboxylic acids is 2. The molecule has 0 bridgehead atoms. The second kappa shape index (κ2) is 9.22. The van der Waals surface area contributed by atoms with Gasteiger partial charge in [0.05, 0.1) is 7.11 Å². The van der Waals surface area contributed by atoms with Crippen LogP contribution >= 0.6 is 11.8 Å². The van der Waals surface area contributed by atoms with Gasteiger partial charge in [-0.1, -0.05) is 30.3 Å². The molecule has 25 heavy (non-hydrogen) atoms. The third kappa shape index (κ3) is 5.06. The predicted molar refractivity (Wildman–Crippen MR) is 98.1 cm³/mol. The molecule has 6 heteroatoms. The molecule has 0 unspecified atom stereocenters. The van der Waals surface area contributed by atoms with Gasteiger partial charge in [0.25, 0.3) is 5.91 Å². The Hall–Kier alpha value is -2.34. The second-order valence-electron chi connectivity index (χ2n) is 5.39. The summed E-state index contributed by atoms with van der Waals surface area (Å²) in [6, 6.07) is 12.3. The van der Waals surface area contributed by atoms with Crippen LogP contribution in [0.5, 0.6) is 0 Å². The molecule has 0 saturated heterocycles. The highest BCUT2D eigenvalue weighted by molar-refractivity contribution is 7.98. The standard InChI is InChI=1S/C19H20FNO3S/c1-24-19(23)17(10-11-25-2)21-18(22)15-9-8-14(20)12-16(15)13-6-4-3-5-7-13/h3-9,12,17H,10-11H2,1-2H3,(H,21,22)/t17-/m0/s1. The topological polar surface area (TPSA) is 55.4 Å². The van der Waals surface area contributed by atoms with Crippen molar-refractivity contribution < 1.29 is 18.7 Å². The van der Waals surface area contributed by atoms with E-state index in [1.54, 1.807) is 23.9 Å². The number of hydrogen-bond donors (Lipinski definition) is 1. The molecular formula is C19H20FNO3S. The summed E-state index contributed by atoms with van der Waals surface area (Å²) in [6.45, 7) is 0. The zero-order valence-corrected chi connectivity index (χ0v) is 14.9. The molecule has 0 saturated carbocycles. The highest BCUT2D eigenvalue weighted by Crippen LogP contribution is 2.25. The number of methoxy groups -OCH3 is 1. The lowest BCUT2D eigenvalue weighted by molar-refractivity contribution is -0.142. The molecular weight excluding hydrogens is 341 g/mol. The van der Waals surface area contributed by atoms with Crippen molar-refractivity contribution in [1.82, 2.24) is 5.32 Å². The zero-order chi connectivity index (χ0) is 18.2. The van der Waals surface area contributed by atoms with Gasteiger partial charge in [-0.2, -0.15) is 11.8 Å². The maximum atomic E-state index is 13.7. The fourth-order valence-electron chi connectivity index (χ4n) is 2.43. The summed E-state index contributed by atoms with van der Waals surface area (Å²) in [5, 5.41) is 2.70. The lowest BCUT2D eigenvalue weighted by Gasteiger charge is -2.17. The largest absolute Gasteiger partial charge is 0.467 e. The summed E-state index contributed by atoms with van der Waals surface area (Å²) in [4.78, 5) is 24.6. The van der Waals surface area contributed by atoms with Crippen LogP contribution in [-0.4, -0.2) is 37.0 Å². The maximum Gasteiger partial charge on any atom is 0.328 e. The minimum atomic E-state index is -0.737. The molecule has 0 aliphatic heterocycles. The monoisotopic (exact) mass is 361 g/mol. The molecule has 0 aromatic heterocycles. The SMILES string of the molecule is COC(=O)[C@H](CCSC)NC(=O)c1ccc(F)cc1-c1ccccc1. The molecule has 0 spiro atoms. The number of esters is 1. The van der Waals surface area contributed by atoms with Crippen LogP contribution in [0, 0.1) is 5.82 Å². The van der Waals surface area contributed by atoms with E-state index < -0.39 is 23.7 Å². The Balaban J connectivity index is 2.30. The molecule has 132 valence electrons. The highest BCUT2D eigenvalue weighted by Gasteiger charge is 2.23. The van der Waals surface area contributed by atoms with Gasteiger partial charge in [-0.15, -0.1) is 0 Å². The normalized spacial score (nSPS) is 11.6.